The van der Waals surface area contributed by atoms with Crippen LogP contribution in [0.25, 0.3) is 10.8 Å². The highest BCUT2D eigenvalue weighted by atomic mass is 79.9. The fourth-order valence-corrected chi connectivity index (χ4v) is 3.74. The third-order valence-electron chi connectivity index (χ3n) is 4.95. The SMILES string of the molecule is COc1cc(/C=N/NC(=O)c2ccccc2)c(Br)cc1OCc1cccc2ccccc12. The Balaban J connectivity index is 1.49. The number of hydrazone groups is 1. The van der Waals surface area contributed by atoms with Crippen LogP contribution in [0.4, 0.5) is 0 Å². The molecule has 4 aromatic carbocycles. The van der Waals surface area contributed by atoms with Gasteiger partial charge < -0.3 is 9.47 Å². The van der Waals surface area contributed by atoms with E-state index in [1.807, 2.05) is 30.3 Å². The third kappa shape index (κ3) is 4.98. The molecule has 0 aliphatic heterocycles. The first kappa shape index (κ1) is 21.6. The van der Waals surface area contributed by atoms with Crippen molar-refractivity contribution in [2.45, 2.75) is 6.61 Å². The lowest BCUT2D eigenvalue weighted by molar-refractivity contribution is 0.0955. The fraction of sp³-hybridized carbons (Fsp3) is 0.0769. The van der Waals surface area contributed by atoms with Crippen molar-refractivity contribution in [2.75, 3.05) is 7.11 Å². The van der Waals surface area contributed by atoms with Crippen LogP contribution >= 0.6 is 15.9 Å². The lowest BCUT2D eigenvalue weighted by Crippen LogP contribution is -2.17. The summed E-state index contributed by atoms with van der Waals surface area (Å²) in [6.45, 7) is 0.407. The molecule has 4 aromatic rings. The predicted molar refractivity (Wildman–Crippen MR) is 130 cm³/mol. The second-order valence-electron chi connectivity index (χ2n) is 7.02. The average Bonchev–Trinajstić information content (AvgIpc) is 2.84. The van der Waals surface area contributed by atoms with Gasteiger partial charge in [0.15, 0.2) is 11.5 Å². The van der Waals surface area contributed by atoms with E-state index >= 15 is 0 Å². The molecule has 1 amide bonds. The second-order valence-corrected chi connectivity index (χ2v) is 7.87. The van der Waals surface area contributed by atoms with Crippen molar-refractivity contribution in [3.63, 3.8) is 0 Å². The molecule has 160 valence electrons. The quantitative estimate of drug-likeness (QED) is 0.258. The minimum absolute atomic E-state index is 0.278. The third-order valence-corrected chi connectivity index (χ3v) is 5.64. The van der Waals surface area contributed by atoms with E-state index in [9.17, 15) is 4.79 Å². The van der Waals surface area contributed by atoms with Crippen LogP contribution in [-0.2, 0) is 6.61 Å². The number of benzene rings is 4. The predicted octanol–water partition coefficient (Wildman–Crippen LogP) is 5.95. The Morgan fingerprint density at radius 3 is 2.53 bits per heavy atom. The summed E-state index contributed by atoms with van der Waals surface area (Å²) in [7, 11) is 1.59. The van der Waals surface area contributed by atoms with Gasteiger partial charge in [0.25, 0.3) is 5.91 Å². The zero-order valence-corrected chi connectivity index (χ0v) is 19.0. The molecule has 0 saturated heterocycles. The van der Waals surface area contributed by atoms with Gasteiger partial charge >= 0.3 is 0 Å². The topological polar surface area (TPSA) is 59.9 Å². The summed E-state index contributed by atoms with van der Waals surface area (Å²) >= 11 is 3.55. The standard InChI is InChI=1S/C26H21BrN2O3/c1-31-24-14-21(16-28-29-26(30)19-9-3-2-4-10-19)23(27)15-25(24)32-17-20-12-7-11-18-8-5-6-13-22(18)20/h2-16H,17H2,1H3,(H,29,30)/b28-16+. The summed E-state index contributed by atoms with van der Waals surface area (Å²) < 4.78 is 12.4. The molecule has 0 fully saturated rings. The first-order valence-electron chi connectivity index (χ1n) is 10.0. The molecule has 0 aliphatic rings. The maximum atomic E-state index is 12.1. The molecule has 0 heterocycles. The number of ether oxygens (including phenoxy) is 2. The van der Waals surface area contributed by atoms with Gasteiger partial charge in [0.1, 0.15) is 6.61 Å². The van der Waals surface area contributed by atoms with Crippen molar-refractivity contribution in [1.82, 2.24) is 5.43 Å². The number of carbonyl (C=O) groups is 1. The van der Waals surface area contributed by atoms with Gasteiger partial charge in [-0.15, -0.1) is 0 Å². The van der Waals surface area contributed by atoms with E-state index in [1.165, 1.54) is 5.39 Å². The summed E-state index contributed by atoms with van der Waals surface area (Å²) in [6, 6.07) is 26.9. The van der Waals surface area contributed by atoms with Gasteiger partial charge in [-0.3, -0.25) is 4.79 Å². The maximum absolute atomic E-state index is 12.1. The van der Waals surface area contributed by atoms with Crippen molar-refractivity contribution in [3.05, 3.63) is 106 Å². The van der Waals surface area contributed by atoms with Gasteiger partial charge in [0.2, 0.25) is 0 Å². The Bertz CT molecular complexity index is 1270. The summed E-state index contributed by atoms with van der Waals surface area (Å²) in [5, 5.41) is 6.39. The second kappa shape index (κ2) is 10.1. The van der Waals surface area contributed by atoms with E-state index in [1.54, 1.807) is 43.7 Å². The van der Waals surface area contributed by atoms with Crippen LogP contribution in [0.5, 0.6) is 11.5 Å². The molecule has 5 nitrogen and oxygen atoms in total. The van der Waals surface area contributed by atoms with Gasteiger partial charge in [-0.2, -0.15) is 5.10 Å². The fourth-order valence-electron chi connectivity index (χ4n) is 3.31. The lowest BCUT2D eigenvalue weighted by Gasteiger charge is -2.14. The summed E-state index contributed by atoms with van der Waals surface area (Å²) in [5.74, 6) is 0.905. The van der Waals surface area contributed by atoms with E-state index in [2.05, 4.69) is 50.7 Å². The molecule has 6 heteroatoms. The average molecular weight is 489 g/mol. The molecular formula is C26H21BrN2O3. The van der Waals surface area contributed by atoms with Crippen LogP contribution in [0.1, 0.15) is 21.5 Å². The van der Waals surface area contributed by atoms with Crippen LogP contribution < -0.4 is 14.9 Å². The van der Waals surface area contributed by atoms with Crippen LogP contribution in [0.2, 0.25) is 0 Å². The van der Waals surface area contributed by atoms with Gasteiger partial charge in [-0.05, 0) is 56.5 Å². The molecule has 0 bridgehead atoms. The van der Waals surface area contributed by atoms with Crippen molar-refractivity contribution in [1.29, 1.82) is 0 Å². The first-order valence-corrected chi connectivity index (χ1v) is 10.8. The number of nitrogens with one attached hydrogen (secondary N) is 1. The molecule has 1 N–H and O–H groups in total. The highest BCUT2D eigenvalue weighted by Gasteiger charge is 2.11. The number of fused-ring (bicyclic) bond motifs is 1. The van der Waals surface area contributed by atoms with E-state index in [0.29, 0.717) is 23.7 Å². The minimum Gasteiger partial charge on any atom is -0.493 e. The Kier molecular flexibility index (Phi) is 6.82. The number of methoxy groups -OCH3 is 1. The first-order chi connectivity index (χ1) is 15.7. The Morgan fingerprint density at radius 1 is 0.969 bits per heavy atom. The number of carbonyl (C=O) groups excluding carboxylic acids is 1. The Labute approximate surface area is 194 Å². The molecular weight excluding hydrogens is 468 g/mol. The van der Waals surface area contributed by atoms with E-state index in [4.69, 9.17) is 9.47 Å². The van der Waals surface area contributed by atoms with Gasteiger partial charge in [-0.1, -0.05) is 60.7 Å². The normalized spacial score (nSPS) is 10.9. The van der Waals surface area contributed by atoms with Crippen LogP contribution in [0.15, 0.2) is 94.5 Å². The van der Waals surface area contributed by atoms with Crippen LogP contribution in [-0.4, -0.2) is 19.2 Å². The number of hydrogen-bond acceptors (Lipinski definition) is 4. The van der Waals surface area contributed by atoms with Crippen molar-refractivity contribution in [3.8, 4) is 11.5 Å². The molecule has 32 heavy (non-hydrogen) atoms. The van der Waals surface area contributed by atoms with Gasteiger partial charge in [0, 0.05) is 15.6 Å². The van der Waals surface area contributed by atoms with E-state index in [0.717, 1.165) is 21.0 Å². The highest BCUT2D eigenvalue weighted by Crippen LogP contribution is 2.34. The van der Waals surface area contributed by atoms with E-state index in [-0.39, 0.29) is 5.91 Å². The summed E-state index contributed by atoms with van der Waals surface area (Å²) in [4.78, 5) is 12.1. The van der Waals surface area contributed by atoms with Crippen molar-refractivity contribution in [2.24, 2.45) is 5.10 Å². The van der Waals surface area contributed by atoms with Crippen LogP contribution in [0.3, 0.4) is 0 Å². The smallest absolute Gasteiger partial charge is 0.271 e. The highest BCUT2D eigenvalue weighted by molar-refractivity contribution is 9.10. The maximum Gasteiger partial charge on any atom is 0.271 e. The lowest BCUT2D eigenvalue weighted by atomic mass is 10.1. The Morgan fingerprint density at radius 2 is 1.72 bits per heavy atom. The minimum atomic E-state index is -0.278. The number of nitrogens with zero attached hydrogens (tertiary/aromatic N) is 1. The molecule has 0 spiro atoms. The molecule has 0 saturated carbocycles. The number of rotatable bonds is 7. The summed E-state index contributed by atoms with van der Waals surface area (Å²) in [6.07, 6.45) is 1.56. The molecule has 0 aliphatic carbocycles. The molecule has 4 rings (SSSR count). The molecule has 0 atom stereocenters. The van der Waals surface area contributed by atoms with Gasteiger partial charge in [0.05, 0.1) is 13.3 Å². The van der Waals surface area contributed by atoms with Crippen LogP contribution in [0, 0.1) is 0 Å². The Hall–Kier alpha value is -3.64. The number of hydrogen-bond donors (Lipinski definition) is 1. The molecule has 0 unspecified atom stereocenters. The largest absolute Gasteiger partial charge is 0.493 e. The molecule has 0 radical (unpaired) electrons. The summed E-state index contributed by atoms with van der Waals surface area (Å²) in [5.41, 5.74) is 4.90. The number of amides is 1. The van der Waals surface area contributed by atoms with Crippen molar-refractivity contribution < 1.29 is 14.3 Å². The zero-order chi connectivity index (χ0) is 22.3. The molecule has 0 aromatic heterocycles. The zero-order valence-electron chi connectivity index (χ0n) is 17.4. The monoisotopic (exact) mass is 488 g/mol. The number of halogens is 1. The van der Waals surface area contributed by atoms with Gasteiger partial charge in [-0.25, -0.2) is 5.43 Å². The van der Waals surface area contributed by atoms with E-state index < -0.39 is 0 Å². The van der Waals surface area contributed by atoms with Crippen molar-refractivity contribution >= 4 is 38.8 Å².